The van der Waals surface area contributed by atoms with Crippen LogP contribution < -0.4 is 0 Å². The zero-order chi connectivity index (χ0) is 31.0. The maximum absolute atomic E-state index is 8.30. The van der Waals surface area contributed by atoms with E-state index in [9.17, 15) is 0 Å². The van der Waals surface area contributed by atoms with Gasteiger partial charge in [0.05, 0.1) is 11.3 Å². The number of aryl methyl sites for hydroxylation is 3. The van der Waals surface area contributed by atoms with Crippen LogP contribution >= 0.6 is 0 Å². The van der Waals surface area contributed by atoms with Crippen LogP contribution in [0.2, 0.25) is 0 Å². The molecule has 0 radical (unpaired) electrons. The second-order valence-electron chi connectivity index (χ2n) is 10.3. The van der Waals surface area contributed by atoms with Gasteiger partial charge < -0.3 is 4.42 Å². The fourth-order valence-electron chi connectivity index (χ4n) is 5.27. The molecular formula is C33H33N3O. The van der Waals surface area contributed by atoms with Gasteiger partial charge in [-0.05, 0) is 79.0 Å². The maximum atomic E-state index is 8.30. The highest BCUT2D eigenvalue weighted by Gasteiger charge is 2.25. The summed E-state index contributed by atoms with van der Waals surface area (Å²) in [5.41, 5.74) is 7.00. The molecule has 0 unspecified atom stereocenters. The average molecular weight is 494 g/mol. The topological polar surface area (TPSA) is 43.9 Å². The third-order valence-electron chi connectivity index (χ3n) is 7.07. The number of aromatic nitrogens is 3. The molecule has 186 valence electrons. The Morgan fingerprint density at radius 3 is 2.35 bits per heavy atom. The maximum Gasteiger partial charge on any atom is 0.165 e. The number of imidazole rings is 1. The molecule has 3 aromatic carbocycles. The van der Waals surface area contributed by atoms with Gasteiger partial charge in [0.25, 0.3) is 0 Å². The number of hydrogen-bond acceptors (Lipinski definition) is 3. The van der Waals surface area contributed by atoms with Crippen molar-refractivity contribution < 1.29 is 12.6 Å². The van der Waals surface area contributed by atoms with E-state index in [0.717, 1.165) is 22.5 Å². The van der Waals surface area contributed by atoms with E-state index in [1.807, 2.05) is 19.1 Å². The largest absolute Gasteiger partial charge is 0.455 e. The van der Waals surface area contributed by atoms with Gasteiger partial charge in [0.15, 0.2) is 11.5 Å². The number of furan rings is 1. The van der Waals surface area contributed by atoms with Crippen molar-refractivity contribution in [3.63, 3.8) is 0 Å². The van der Waals surface area contributed by atoms with Crippen molar-refractivity contribution in [3.8, 4) is 17.1 Å². The van der Waals surface area contributed by atoms with E-state index in [-0.39, 0.29) is 23.0 Å². The molecule has 0 amide bonds. The summed E-state index contributed by atoms with van der Waals surface area (Å²) in [5.74, 6) is 0.970. The summed E-state index contributed by atoms with van der Waals surface area (Å²) < 4.78 is 57.1. The van der Waals surface area contributed by atoms with Crippen LogP contribution in [0.15, 0.2) is 65.1 Å². The van der Waals surface area contributed by atoms with Crippen LogP contribution in [-0.2, 0) is 0 Å². The molecule has 0 spiro atoms. The van der Waals surface area contributed by atoms with E-state index in [4.69, 9.17) is 22.6 Å². The molecule has 0 aliphatic carbocycles. The molecule has 4 nitrogen and oxygen atoms in total. The Morgan fingerprint density at radius 1 is 0.865 bits per heavy atom. The highest BCUT2D eigenvalue weighted by molar-refractivity contribution is 6.11. The highest BCUT2D eigenvalue weighted by atomic mass is 16.3. The molecule has 6 aromatic rings. The Labute approximate surface area is 226 Å². The van der Waals surface area contributed by atoms with Crippen molar-refractivity contribution >= 4 is 33.1 Å². The number of nitrogens with zero attached hydrogens (tertiary/aromatic N) is 3. The van der Waals surface area contributed by atoms with Gasteiger partial charge in [0.1, 0.15) is 16.7 Å². The van der Waals surface area contributed by atoms with Crippen LogP contribution in [0.25, 0.3) is 50.2 Å². The van der Waals surface area contributed by atoms with Crippen molar-refractivity contribution in [1.82, 2.24) is 14.5 Å². The molecular weight excluding hydrogens is 454 g/mol. The molecule has 37 heavy (non-hydrogen) atoms. The molecule has 0 saturated carbocycles. The number of hydrogen-bond donors (Lipinski definition) is 0. The monoisotopic (exact) mass is 493 g/mol. The number of benzene rings is 3. The Kier molecular flexibility index (Phi) is 4.07. The van der Waals surface area contributed by atoms with E-state index in [1.165, 1.54) is 12.1 Å². The molecule has 0 aliphatic rings. The molecule has 3 heterocycles. The van der Waals surface area contributed by atoms with Gasteiger partial charge >= 0.3 is 0 Å². The van der Waals surface area contributed by atoms with Gasteiger partial charge in [0, 0.05) is 24.7 Å². The van der Waals surface area contributed by atoms with Gasteiger partial charge in [-0.15, -0.1) is 0 Å². The first-order chi connectivity index (χ1) is 20.2. The van der Waals surface area contributed by atoms with Crippen LogP contribution in [0.5, 0.6) is 0 Å². The van der Waals surface area contributed by atoms with Crippen molar-refractivity contribution in [3.05, 3.63) is 88.6 Å². The average Bonchev–Trinajstić information content (AvgIpc) is 3.48. The van der Waals surface area contributed by atoms with Crippen LogP contribution in [0, 0.1) is 20.6 Å². The zero-order valence-electron chi connectivity index (χ0n) is 27.7. The summed E-state index contributed by atoms with van der Waals surface area (Å²) >= 11 is 0. The molecule has 0 aliphatic heterocycles. The van der Waals surface area contributed by atoms with E-state index >= 15 is 0 Å². The quantitative estimate of drug-likeness (QED) is 0.246. The van der Waals surface area contributed by atoms with Crippen molar-refractivity contribution in [1.29, 1.82) is 0 Å². The summed E-state index contributed by atoms with van der Waals surface area (Å²) in [6.07, 6.45) is 0. The molecule has 3 aromatic heterocycles. The minimum atomic E-state index is -2.43. The minimum Gasteiger partial charge on any atom is -0.455 e. The van der Waals surface area contributed by atoms with Gasteiger partial charge in [-0.1, -0.05) is 64.1 Å². The van der Waals surface area contributed by atoms with Crippen molar-refractivity contribution in [2.24, 2.45) is 0 Å². The van der Waals surface area contributed by atoms with Gasteiger partial charge in [-0.25, -0.2) is 9.97 Å². The number of fused-ring (bicyclic) bond motifs is 4. The Morgan fingerprint density at radius 2 is 1.65 bits per heavy atom. The lowest BCUT2D eigenvalue weighted by atomic mass is 9.92. The molecule has 0 atom stereocenters. The molecule has 0 fully saturated rings. The third kappa shape index (κ3) is 3.66. The standard InChI is InChI=1S/C33H33N3O/c1-18(2)23-9-8-10-24(19(3)4)30(23)36-32(35-27-16-13-22(7)34-33(27)36)26-15-12-21(6)29-25-14-11-20(5)17-28(25)37-31(26)29/h8-19H,1-7H3/i5D3,6D3. The second-order valence-corrected chi connectivity index (χ2v) is 10.3. The molecule has 0 bridgehead atoms. The Hall–Kier alpha value is -3.92. The molecule has 0 saturated heterocycles. The zero-order valence-corrected chi connectivity index (χ0v) is 21.7. The fraction of sp³-hybridized carbons (Fsp3) is 0.273. The van der Waals surface area contributed by atoms with E-state index in [2.05, 4.69) is 50.5 Å². The van der Waals surface area contributed by atoms with Gasteiger partial charge in [-0.3, -0.25) is 4.57 Å². The van der Waals surface area contributed by atoms with Gasteiger partial charge in [-0.2, -0.15) is 0 Å². The summed E-state index contributed by atoms with van der Waals surface area (Å²) in [6, 6.07) is 18.2. The van der Waals surface area contributed by atoms with Crippen LogP contribution in [0.1, 0.15) is 75.7 Å². The smallest absolute Gasteiger partial charge is 0.165 e. The van der Waals surface area contributed by atoms with Crippen LogP contribution in [0.4, 0.5) is 0 Å². The summed E-state index contributed by atoms with van der Waals surface area (Å²) in [5, 5.41) is 0.964. The van der Waals surface area contributed by atoms with E-state index < -0.39 is 13.7 Å². The Balaban J connectivity index is 1.79. The molecule has 4 heteroatoms. The molecule has 6 rings (SSSR count). The van der Waals surface area contributed by atoms with Crippen LogP contribution in [-0.4, -0.2) is 14.5 Å². The van der Waals surface area contributed by atoms with E-state index in [0.29, 0.717) is 44.5 Å². The SMILES string of the molecule is [2H]C([2H])([2H])c1ccc2c(c1)oc1c(-c3nc4ccc(C)nc4n3-c3c(C(C)C)cccc3C(C)C)ccc(C([2H])([2H])[2H])c12. The lowest BCUT2D eigenvalue weighted by Crippen LogP contribution is -2.09. The molecule has 0 N–H and O–H groups in total. The lowest BCUT2D eigenvalue weighted by molar-refractivity contribution is 0.669. The predicted molar refractivity (Wildman–Crippen MR) is 154 cm³/mol. The fourth-order valence-corrected chi connectivity index (χ4v) is 5.27. The first-order valence-corrected chi connectivity index (χ1v) is 12.7. The lowest BCUT2D eigenvalue weighted by Gasteiger charge is -2.22. The van der Waals surface area contributed by atoms with Gasteiger partial charge in [0.2, 0.25) is 0 Å². The first-order valence-electron chi connectivity index (χ1n) is 15.7. The predicted octanol–water partition coefficient (Wildman–Crippen LogP) is 9.16. The Bertz CT molecular complexity index is 2000. The number of pyridine rings is 1. The van der Waals surface area contributed by atoms with Crippen molar-refractivity contribution in [2.45, 2.75) is 60.2 Å². The third-order valence-corrected chi connectivity index (χ3v) is 7.07. The summed E-state index contributed by atoms with van der Waals surface area (Å²) in [7, 11) is 0. The highest BCUT2D eigenvalue weighted by Crippen LogP contribution is 2.41. The minimum absolute atomic E-state index is 0.121. The normalized spacial score (nSPS) is 15.2. The van der Waals surface area contributed by atoms with E-state index in [1.54, 1.807) is 18.2 Å². The summed E-state index contributed by atoms with van der Waals surface area (Å²) in [4.78, 5) is 10.0. The number of para-hydroxylation sites is 1. The summed E-state index contributed by atoms with van der Waals surface area (Å²) in [6.45, 7) is 5.81. The first kappa shape index (κ1) is 17.5. The number of rotatable bonds is 4. The van der Waals surface area contributed by atoms with Crippen LogP contribution in [0.3, 0.4) is 0 Å². The second kappa shape index (κ2) is 8.58. The van der Waals surface area contributed by atoms with Crippen molar-refractivity contribution in [2.75, 3.05) is 0 Å².